The van der Waals surface area contributed by atoms with Crippen LogP contribution in [0.3, 0.4) is 0 Å². The maximum Gasteiger partial charge on any atom is 0.236 e. The van der Waals surface area contributed by atoms with Crippen molar-refractivity contribution in [2.24, 2.45) is 0 Å². The number of pyridine rings is 1. The predicted molar refractivity (Wildman–Crippen MR) is 96.2 cm³/mol. The van der Waals surface area contributed by atoms with Gasteiger partial charge >= 0.3 is 0 Å². The smallest absolute Gasteiger partial charge is 0.236 e. The Bertz CT molecular complexity index is 727. The van der Waals surface area contributed by atoms with Crippen molar-refractivity contribution in [3.63, 3.8) is 0 Å². The molecule has 1 atom stereocenters. The van der Waals surface area contributed by atoms with Crippen LogP contribution in [0.4, 0.5) is 0 Å². The van der Waals surface area contributed by atoms with Gasteiger partial charge in [0.05, 0.1) is 37.2 Å². The molecular formula is C19H25N5O2. The van der Waals surface area contributed by atoms with Gasteiger partial charge in [-0.25, -0.2) is 0 Å². The molecule has 26 heavy (non-hydrogen) atoms. The molecule has 2 aromatic heterocycles. The van der Waals surface area contributed by atoms with Crippen molar-refractivity contribution >= 4 is 5.91 Å². The van der Waals surface area contributed by atoms with E-state index in [1.807, 2.05) is 40.0 Å². The normalized spacial score (nSPS) is 20.3. The summed E-state index contributed by atoms with van der Waals surface area (Å²) in [6.45, 7) is 4.86. The highest BCUT2D eigenvalue weighted by atomic mass is 16.5. The fourth-order valence-electron chi connectivity index (χ4n) is 3.75. The Morgan fingerprint density at radius 2 is 2.08 bits per heavy atom. The third-order valence-corrected chi connectivity index (χ3v) is 5.06. The molecule has 0 radical (unpaired) electrons. The molecule has 2 aliphatic rings. The molecule has 0 saturated carbocycles. The van der Waals surface area contributed by atoms with Crippen molar-refractivity contribution < 1.29 is 9.53 Å². The van der Waals surface area contributed by atoms with Gasteiger partial charge < -0.3 is 9.64 Å². The largest absolute Gasteiger partial charge is 0.373 e. The zero-order valence-electron chi connectivity index (χ0n) is 15.0. The lowest BCUT2D eigenvalue weighted by atomic mass is 10.2. The number of likely N-dealkylation sites (tertiary alicyclic amines) is 1. The highest BCUT2D eigenvalue weighted by Gasteiger charge is 2.28. The highest BCUT2D eigenvalue weighted by molar-refractivity contribution is 5.78. The average molecular weight is 355 g/mol. The monoisotopic (exact) mass is 355 g/mol. The van der Waals surface area contributed by atoms with E-state index in [1.54, 1.807) is 6.20 Å². The first kappa shape index (κ1) is 17.2. The Morgan fingerprint density at radius 3 is 2.88 bits per heavy atom. The first-order valence-electron chi connectivity index (χ1n) is 9.30. The zero-order valence-corrected chi connectivity index (χ0v) is 15.0. The van der Waals surface area contributed by atoms with Gasteiger partial charge in [0.15, 0.2) is 0 Å². The summed E-state index contributed by atoms with van der Waals surface area (Å²) in [6, 6.07) is 7.96. The number of hydrogen-bond donors (Lipinski definition) is 0. The minimum absolute atomic E-state index is 0.115. The summed E-state index contributed by atoms with van der Waals surface area (Å²) in [6.07, 6.45) is 5.86. The van der Waals surface area contributed by atoms with E-state index in [4.69, 9.17) is 4.74 Å². The van der Waals surface area contributed by atoms with Gasteiger partial charge in [-0.1, -0.05) is 6.07 Å². The number of fused-ring (bicyclic) bond motifs is 1. The Kier molecular flexibility index (Phi) is 5.26. The zero-order chi connectivity index (χ0) is 17.8. The van der Waals surface area contributed by atoms with E-state index in [-0.39, 0.29) is 11.9 Å². The van der Waals surface area contributed by atoms with Gasteiger partial charge in [-0.3, -0.25) is 19.4 Å². The molecule has 0 bridgehead atoms. The number of carbonyl (C=O) groups is 1. The molecule has 138 valence electrons. The SMILES string of the molecule is O=C(CN1Cc2ccnn2C(COCc2ccccn2)C1)N1CCCC1. The van der Waals surface area contributed by atoms with Crippen LogP contribution in [0.2, 0.25) is 0 Å². The minimum atomic E-state index is 0.115. The number of carbonyl (C=O) groups excluding carboxylic acids is 1. The molecule has 1 amide bonds. The van der Waals surface area contributed by atoms with Crippen molar-refractivity contribution in [2.45, 2.75) is 32.0 Å². The molecule has 1 unspecified atom stereocenters. The average Bonchev–Trinajstić information content (AvgIpc) is 3.34. The van der Waals surface area contributed by atoms with Gasteiger partial charge in [0.1, 0.15) is 0 Å². The van der Waals surface area contributed by atoms with E-state index in [1.165, 1.54) is 0 Å². The van der Waals surface area contributed by atoms with Crippen molar-refractivity contribution in [3.8, 4) is 0 Å². The first-order valence-corrected chi connectivity index (χ1v) is 9.30. The maximum absolute atomic E-state index is 12.5. The van der Waals surface area contributed by atoms with Crippen LogP contribution in [0.5, 0.6) is 0 Å². The molecule has 4 heterocycles. The molecule has 7 heteroatoms. The van der Waals surface area contributed by atoms with E-state index in [0.29, 0.717) is 19.8 Å². The lowest BCUT2D eigenvalue weighted by Gasteiger charge is -2.34. The van der Waals surface area contributed by atoms with E-state index >= 15 is 0 Å². The Balaban J connectivity index is 1.35. The summed E-state index contributed by atoms with van der Waals surface area (Å²) in [5.74, 6) is 0.239. The van der Waals surface area contributed by atoms with E-state index in [0.717, 1.165) is 50.4 Å². The third-order valence-electron chi connectivity index (χ3n) is 5.06. The molecule has 4 rings (SSSR count). The first-order chi connectivity index (χ1) is 12.8. The number of nitrogens with zero attached hydrogens (tertiary/aromatic N) is 5. The number of aromatic nitrogens is 3. The molecule has 2 aliphatic heterocycles. The quantitative estimate of drug-likeness (QED) is 0.785. The Hall–Kier alpha value is -2.25. The Morgan fingerprint density at radius 1 is 1.19 bits per heavy atom. The lowest BCUT2D eigenvalue weighted by molar-refractivity contribution is -0.132. The maximum atomic E-state index is 12.5. The summed E-state index contributed by atoms with van der Waals surface area (Å²) in [5, 5.41) is 4.45. The molecule has 0 aromatic carbocycles. The lowest BCUT2D eigenvalue weighted by Crippen LogP contribution is -2.45. The van der Waals surface area contributed by atoms with Crippen molar-refractivity contribution in [3.05, 3.63) is 48.0 Å². The van der Waals surface area contributed by atoms with Gasteiger partial charge in [-0.2, -0.15) is 5.10 Å². The standard InChI is InChI=1S/C19H25N5O2/c25-19(23-9-3-4-10-23)13-22-11-17-6-8-21-24(17)18(12-22)15-26-14-16-5-1-2-7-20-16/h1-2,5-8,18H,3-4,9-15H2. The van der Waals surface area contributed by atoms with Crippen molar-refractivity contribution in [1.82, 2.24) is 24.6 Å². The third kappa shape index (κ3) is 3.94. The summed E-state index contributed by atoms with van der Waals surface area (Å²) in [7, 11) is 0. The minimum Gasteiger partial charge on any atom is -0.373 e. The Labute approximate surface area is 153 Å². The fraction of sp³-hybridized carbons (Fsp3) is 0.526. The van der Waals surface area contributed by atoms with Gasteiger partial charge in [-0.05, 0) is 31.0 Å². The number of amides is 1. The fourth-order valence-corrected chi connectivity index (χ4v) is 3.75. The topological polar surface area (TPSA) is 63.5 Å². The number of rotatable bonds is 6. The summed E-state index contributed by atoms with van der Waals surface area (Å²) in [4.78, 5) is 21.0. The van der Waals surface area contributed by atoms with Crippen LogP contribution in [0.1, 0.15) is 30.3 Å². The van der Waals surface area contributed by atoms with Crippen LogP contribution >= 0.6 is 0 Å². The van der Waals surface area contributed by atoms with Gasteiger partial charge in [-0.15, -0.1) is 0 Å². The van der Waals surface area contributed by atoms with Crippen molar-refractivity contribution in [1.29, 1.82) is 0 Å². The molecule has 1 fully saturated rings. The number of hydrogen-bond acceptors (Lipinski definition) is 5. The van der Waals surface area contributed by atoms with Gasteiger partial charge in [0.25, 0.3) is 0 Å². The van der Waals surface area contributed by atoms with E-state index in [9.17, 15) is 4.79 Å². The molecular weight excluding hydrogens is 330 g/mol. The van der Waals surface area contributed by atoms with Crippen molar-refractivity contribution in [2.75, 3.05) is 32.8 Å². The summed E-state index contributed by atoms with van der Waals surface area (Å²) < 4.78 is 7.93. The second-order valence-electron chi connectivity index (χ2n) is 7.01. The molecule has 0 aliphatic carbocycles. The molecule has 2 aromatic rings. The second-order valence-corrected chi connectivity index (χ2v) is 7.01. The summed E-state index contributed by atoms with van der Waals surface area (Å²) in [5.41, 5.74) is 2.06. The number of ether oxygens (including phenoxy) is 1. The molecule has 0 N–H and O–H groups in total. The van der Waals surface area contributed by atoms with Crippen LogP contribution in [0, 0.1) is 0 Å². The van der Waals surface area contributed by atoms with Crippen LogP contribution in [0.25, 0.3) is 0 Å². The second kappa shape index (κ2) is 7.97. The van der Waals surface area contributed by atoms with Crippen LogP contribution in [0.15, 0.2) is 36.7 Å². The highest BCUT2D eigenvalue weighted by Crippen LogP contribution is 2.21. The predicted octanol–water partition coefficient (Wildman–Crippen LogP) is 1.47. The van der Waals surface area contributed by atoms with Crippen LogP contribution in [-0.4, -0.2) is 63.3 Å². The molecule has 0 spiro atoms. The van der Waals surface area contributed by atoms with Crippen LogP contribution < -0.4 is 0 Å². The molecule has 1 saturated heterocycles. The van der Waals surface area contributed by atoms with Crippen LogP contribution in [-0.2, 0) is 22.7 Å². The van der Waals surface area contributed by atoms with Gasteiger partial charge in [0, 0.05) is 38.6 Å². The summed E-state index contributed by atoms with van der Waals surface area (Å²) >= 11 is 0. The van der Waals surface area contributed by atoms with E-state index < -0.39 is 0 Å². The van der Waals surface area contributed by atoms with Gasteiger partial charge in [0.2, 0.25) is 5.91 Å². The molecule has 7 nitrogen and oxygen atoms in total. The van der Waals surface area contributed by atoms with E-state index in [2.05, 4.69) is 15.0 Å².